The molecule has 3 aliphatic rings. The predicted molar refractivity (Wildman–Crippen MR) is 134 cm³/mol. The first-order valence-corrected chi connectivity index (χ1v) is 12.3. The molecule has 3 aliphatic carbocycles. The minimum atomic E-state index is -2.95. The number of ether oxygens (including phenoxy) is 1. The van der Waals surface area contributed by atoms with Gasteiger partial charge in [-0.3, -0.25) is 24.1 Å². The van der Waals surface area contributed by atoms with Gasteiger partial charge >= 0.3 is 5.97 Å². The number of fused-ring (bicyclic) bond motifs is 3. The summed E-state index contributed by atoms with van der Waals surface area (Å²) < 4.78 is 5.90. The number of phenols is 1. The highest BCUT2D eigenvalue weighted by molar-refractivity contribution is 6.24. The van der Waals surface area contributed by atoms with Gasteiger partial charge in [-0.1, -0.05) is 32.9 Å². The Bertz CT molecular complexity index is 1310. The molecule has 1 aromatic rings. The number of carbonyl (C=O) groups excluding carboxylic acids is 4. The van der Waals surface area contributed by atoms with Crippen LogP contribution in [0.25, 0.3) is 5.76 Å². The number of rotatable bonds is 5. The van der Waals surface area contributed by atoms with Crippen molar-refractivity contribution in [3.63, 3.8) is 0 Å². The van der Waals surface area contributed by atoms with Gasteiger partial charge in [0.25, 0.3) is 5.91 Å². The molecule has 1 saturated carbocycles. The fourth-order valence-electron chi connectivity index (χ4n) is 6.22. The second kappa shape index (κ2) is 9.25. The van der Waals surface area contributed by atoms with Gasteiger partial charge < -0.3 is 30.9 Å². The minimum Gasteiger partial charge on any atom is -0.508 e. The van der Waals surface area contributed by atoms with Gasteiger partial charge in [0, 0.05) is 17.9 Å². The van der Waals surface area contributed by atoms with Crippen molar-refractivity contribution in [3.05, 3.63) is 46.2 Å². The number of aliphatic hydroxyl groups excluding tert-OH is 2. The van der Waals surface area contributed by atoms with Gasteiger partial charge in [0.15, 0.2) is 11.4 Å². The Morgan fingerprint density at radius 2 is 1.79 bits per heavy atom. The number of phenolic OH excluding ortho intramolecular Hbond substituents is 1. The summed E-state index contributed by atoms with van der Waals surface area (Å²) in [5.74, 6) is -9.76. The molecular weight excluding hydrogens is 496 g/mol. The number of primary amides is 1. The minimum absolute atomic E-state index is 0.0198. The third-order valence-corrected chi connectivity index (χ3v) is 7.81. The zero-order valence-electron chi connectivity index (χ0n) is 21.8. The maximum absolute atomic E-state index is 14.1. The average Bonchev–Trinajstić information content (AvgIpc) is 2.80. The summed E-state index contributed by atoms with van der Waals surface area (Å²) in [6, 6.07) is 3.12. The molecule has 4 rings (SSSR count). The number of nitrogens with zero attached hydrogens (tertiary/aromatic N) is 1. The highest BCUT2D eigenvalue weighted by atomic mass is 16.5. The van der Waals surface area contributed by atoms with E-state index in [1.54, 1.807) is 32.9 Å². The van der Waals surface area contributed by atoms with E-state index >= 15 is 0 Å². The molecule has 0 aliphatic heterocycles. The zero-order chi connectivity index (χ0) is 28.4. The largest absolute Gasteiger partial charge is 0.508 e. The van der Waals surface area contributed by atoms with Crippen molar-refractivity contribution < 1.29 is 44.3 Å². The number of hydrogen-bond acceptors (Lipinski definition) is 10. The van der Waals surface area contributed by atoms with E-state index in [1.165, 1.54) is 25.1 Å². The van der Waals surface area contributed by atoms with Crippen LogP contribution >= 0.6 is 0 Å². The van der Waals surface area contributed by atoms with Crippen LogP contribution in [-0.4, -0.2) is 80.6 Å². The van der Waals surface area contributed by atoms with E-state index in [0.717, 1.165) is 0 Å². The van der Waals surface area contributed by atoms with Crippen molar-refractivity contribution in [3.8, 4) is 5.75 Å². The van der Waals surface area contributed by atoms with Gasteiger partial charge in [0.05, 0.1) is 17.5 Å². The monoisotopic (exact) mass is 528 g/mol. The molecule has 0 unspecified atom stereocenters. The van der Waals surface area contributed by atoms with Crippen LogP contribution in [0.1, 0.15) is 44.2 Å². The SMILES string of the molecule is CC(C)CC(=O)O[C@@H]1[C@@H]2C(=C(O)c3c(O)cccc3[C@H]2C)C(=O)[C@@]2(O)C(O)=C(C(N)=O)C(=O)[C@H](N(C)C)[C@@H]12. The lowest BCUT2D eigenvalue weighted by atomic mass is 9.54. The van der Waals surface area contributed by atoms with Crippen LogP contribution < -0.4 is 5.73 Å². The molecular formula is C27H32N2O9. The highest BCUT2D eigenvalue weighted by Crippen LogP contribution is 2.56. The molecule has 6 N–H and O–H groups in total. The maximum Gasteiger partial charge on any atom is 0.306 e. The summed E-state index contributed by atoms with van der Waals surface area (Å²) in [6.07, 6.45) is -1.42. The van der Waals surface area contributed by atoms with Crippen LogP contribution in [0.2, 0.25) is 0 Å². The van der Waals surface area contributed by atoms with Crippen LogP contribution in [0.3, 0.4) is 0 Å². The van der Waals surface area contributed by atoms with Gasteiger partial charge in [-0.2, -0.15) is 0 Å². The van der Waals surface area contributed by atoms with Crippen LogP contribution in [-0.2, 0) is 23.9 Å². The van der Waals surface area contributed by atoms with E-state index in [4.69, 9.17) is 10.5 Å². The maximum atomic E-state index is 14.1. The second-order valence-electron chi connectivity index (χ2n) is 10.9. The molecule has 6 atom stereocenters. The van der Waals surface area contributed by atoms with E-state index < -0.39 is 81.6 Å². The van der Waals surface area contributed by atoms with Crippen LogP contribution in [0, 0.1) is 17.8 Å². The topological polar surface area (TPSA) is 188 Å². The zero-order valence-corrected chi connectivity index (χ0v) is 21.8. The molecule has 204 valence electrons. The van der Waals surface area contributed by atoms with Gasteiger partial charge in [-0.25, -0.2) is 0 Å². The molecule has 1 aromatic carbocycles. The van der Waals surface area contributed by atoms with Gasteiger partial charge in [0.1, 0.15) is 28.9 Å². The van der Waals surface area contributed by atoms with Crippen LogP contribution in [0.5, 0.6) is 5.75 Å². The highest BCUT2D eigenvalue weighted by Gasteiger charge is 2.69. The van der Waals surface area contributed by atoms with Crippen LogP contribution in [0.15, 0.2) is 35.1 Å². The number of likely N-dealkylation sites (N-methyl/N-ethyl adjacent to an activating group) is 1. The van der Waals surface area contributed by atoms with Crippen molar-refractivity contribution in [2.75, 3.05) is 14.1 Å². The van der Waals surface area contributed by atoms with Gasteiger partial charge in [-0.05, 0) is 37.6 Å². The molecule has 0 radical (unpaired) electrons. The molecule has 0 aromatic heterocycles. The summed E-state index contributed by atoms with van der Waals surface area (Å²) in [6.45, 7) is 5.29. The average molecular weight is 529 g/mol. The Morgan fingerprint density at radius 1 is 1.16 bits per heavy atom. The molecule has 38 heavy (non-hydrogen) atoms. The van der Waals surface area contributed by atoms with Gasteiger partial charge in [-0.15, -0.1) is 0 Å². The lowest BCUT2D eigenvalue weighted by Crippen LogP contribution is -2.71. The normalized spacial score (nSPS) is 30.8. The number of hydrogen-bond donors (Lipinski definition) is 5. The van der Waals surface area contributed by atoms with E-state index in [0.29, 0.717) is 5.56 Å². The Kier molecular flexibility index (Phi) is 6.65. The number of esters is 1. The number of ketones is 2. The molecule has 11 heteroatoms. The number of aliphatic hydroxyl groups is 3. The first kappa shape index (κ1) is 27.3. The summed E-state index contributed by atoms with van der Waals surface area (Å²) in [5, 5.41) is 44.9. The number of nitrogens with two attached hydrogens (primary N) is 1. The standard InChI is InChI=1S/C27H32N2O9/c1-10(2)9-14(31)38-23-15-11(3)12-7-6-8-13(30)16(12)21(32)17(15)24(34)27(37)19(23)20(29(4)5)22(33)18(25(27)35)26(28)36/h6-8,10-11,15,19-20,23,30,32,35,37H,9H2,1-5H3,(H2,28,36)/t11-,15+,19+,20-,23-,27-/m1/s1. The molecule has 11 nitrogen and oxygen atoms in total. The van der Waals surface area contributed by atoms with Gasteiger partial charge in [0.2, 0.25) is 5.78 Å². The van der Waals surface area contributed by atoms with Crippen molar-refractivity contribution >= 4 is 29.2 Å². The summed E-state index contributed by atoms with van der Waals surface area (Å²) in [7, 11) is 2.95. The smallest absolute Gasteiger partial charge is 0.306 e. The first-order chi connectivity index (χ1) is 17.7. The first-order valence-electron chi connectivity index (χ1n) is 12.3. The van der Waals surface area contributed by atoms with E-state index in [2.05, 4.69) is 0 Å². The third kappa shape index (κ3) is 3.71. The molecule has 0 bridgehead atoms. The van der Waals surface area contributed by atoms with E-state index in [9.17, 15) is 39.6 Å². The summed E-state index contributed by atoms with van der Waals surface area (Å²) in [4.78, 5) is 54.1. The number of amides is 1. The lowest BCUT2D eigenvalue weighted by Gasteiger charge is -2.54. The van der Waals surface area contributed by atoms with Crippen LogP contribution in [0.4, 0.5) is 0 Å². The molecule has 1 amide bonds. The number of carbonyl (C=O) groups is 4. The Morgan fingerprint density at radius 3 is 2.34 bits per heavy atom. The number of Topliss-reactive ketones (excluding diaryl/α,β-unsaturated/α-hetero) is 2. The molecule has 0 heterocycles. The lowest BCUT2D eigenvalue weighted by molar-refractivity contribution is -0.185. The number of aromatic hydroxyl groups is 1. The molecule has 1 fully saturated rings. The fourth-order valence-corrected chi connectivity index (χ4v) is 6.22. The Hall–Kier alpha value is -3.70. The Balaban J connectivity index is 2.08. The molecule has 0 saturated heterocycles. The summed E-state index contributed by atoms with van der Waals surface area (Å²) >= 11 is 0. The predicted octanol–water partition coefficient (Wildman–Crippen LogP) is 1.09. The van der Waals surface area contributed by atoms with Crippen molar-refractivity contribution in [1.29, 1.82) is 0 Å². The van der Waals surface area contributed by atoms with Crippen molar-refractivity contribution in [2.45, 2.75) is 50.9 Å². The van der Waals surface area contributed by atoms with E-state index in [1.807, 2.05) is 0 Å². The summed E-state index contributed by atoms with van der Waals surface area (Å²) in [5.41, 5.74) is 1.50. The molecule has 0 spiro atoms. The second-order valence-corrected chi connectivity index (χ2v) is 10.9. The fraction of sp³-hybridized carbons (Fsp3) is 0.481. The van der Waals surface area contributed by atoms with E-state index in [-0.39, 0.29) is 23.7 Å². The third-order valence-electron chi connectivity index (χ3n) is 7.81. The van der Waals surface area contributed by atoms with Crippen molar-refractivity contribution in [1.82, 2.24) is 4.90 Å². The van der Waals surface area contributed by atoms with Crippen molar-refractivity contribution in [2.24, 2.45) is 23.5 Å². The number of benzene rings is 1. The Labute approximate surface area is 219 Å². The quantitative estimate of drug-likeness (QED) is 0.273.